The minimum Gasteiger partial charge on any atom is -0.352 e. The number of halogens is 2. The van der Waals surface area contributed by atoms with Crippen molar-refractivity contribution in [3.63, 3.8) is 0 Å². The van der Waals surface area contributed by atoms with Crippen molar-refractivity contribution in [1.82, 2.24) is 10.6 Å². The summed E-state index contributed by atoms with van der Waals surface area (Å²) in [5.74, 6) is -2.28. The van der Waals surface area contributed by atoms with Gasteiger partial charge in [0.05, 0.1) is 0 Å². The highest BCUT2D eigenvalue weighted by molar-refractivity contribution is 5.94. The molecule has 0 spiro atoms. The van der Waals surface area contributed by atoms with Gasteiger partial charge in [-0.2, -0.15) is 0 Å². The largest absolute Gasteiger partial charge is 0.352 e. The van der Waals surface area contributed by atoms with Crippen molar-refractivity contribution in [1.29, 1.82) is 0 Å². The van der Waals surface area contributed by atoms with Crippen LogP contribution in [0.1, 0.15) is 41.6 Å². The summed E-state index contributed by atoms with van der Waals surface area (Å²) in [6.07, 6.45) is 4.24. The lowest BCUT2D eigenvalue weighted by atomic mass is 10.0. The molecule has 0 radical (unpaired) electrons. The second-order valence-corrected chi connectivity index (χ2v) is 5.24. The summed E-state index contributed by atoms with van der Waals surface area (Å²) >= 11 is 0. The van der Waals surface area contributed by atoms with Crippen LogP contribution in [0, 0.1) is 18.6 Å². The van der Waals surface area contributed by atoms with Gasteiger partial charge < -0.3 is 10.6 Å². The Bertz CT molecular complexity index is 485. The third-order valence-electron chi connectivity index (χ3n) is 3.70. The third kappa shape index (κ3) is 3.54. The molecule has 0 aromatic heterocycles. The van der Waals surface area contributed by atoms with Gasteiger partial charge in [-0.15, -0.1) is 0 Å². The zero-order chi connectivity index (χ0) is 14.5. The lowest BCUT2D eigenvalue weighted by molar-refractivity contribution is 0.0943. The molecule has 1 heterocycles. The predicted molar refractivity (Wildman–Crippen MR) is 73.7 cm³/mol. The number of hydrogen-bond donors (Lipinski definition) is 2. The van der Waals surface area contributed by atoms with Crippen LogP contribution < -0.4 is 10.6 Å². The molecule has 1 fully saturated rings. The molecule has 1 aromatic carbocycles. The van der Waals surface area contributed by atoms with Crippen LogP contribution >= 0.6 is 0 Å². The van der Waals surface area contributed by atoms with E-state index in [0.29, 0.717) is 12.6 Å². The maximum absolute atomic E-state index is 13.8. The monoisotopic (exact) mass is 282 g/mol. The van der Waals surface area contributed by atoms with E-state index in [-0.39, 0.29) is 5.56 Å². The van der Waals surface area contributed by atoms with Crippen LogP contribution in [0.4, 0.5) is 8.78 Å². The molecule has 2 N–H and O–H groups in total. The van der Waals surface area contributed by atoms with Gasteiger partial charge in [0, 0.05) is 12.6 Å². The molecule has 0 saturated carbocycles. The smallest absolute Gasteiger partial charge is 0.257 e. The zero-order valence-electron chi connectivity index (χ0n) is 11.6. The number of nitrogens with one attached hydrogen (secondary N) is 2. The van der Waals surface area contributed by atoms with Crippen molar-refractivity contribution in [3.8, 4) is 0 Å². The Morgan fingerprint density at radius 3 is 2.90 bits per heavy atom. The number of piperidine rings is 1. The summed E-state index contributed by atoms with van der Waals surface area (Å²) in [7, 11) is 0. The summed E-state index contributed by atoms with van der Waals surface area (Å²) in [5.41, 5.74) is -0.216. The summed E-state index contributed by atoms with van der Waals surface area (Å²) in [4.78, 5) is 11.9. The van der Waals surface area contributed by atoms with E-state index in [4.69, 9.17) is 0 Å². The van der Waals surface area contributed by atoms with E-state index in [0.717, 1.165) is 25.5 Å². The highest BCUT2D eigenvalue weighted by Gasteiger charge is 2.19. The van der Waals surface area contributed by atoms with E-state index < -0.39 is 23.1 Å². The average Bonchev–Trinajstić information content (AvgIpc) is 2.44. The number of aryl methyl sites for hydroxylation is 1. The first-order valence-electron chi connectivity index (χ1n) is 7.06. The number of rotatable bonds is 4. The quantitative estimate of drug-likeness (QED) is 0.891. The maximum atomic E-state index is 13.8. The van der Waals surface area contributed by atoms with E-state index in [1.807, 2.05) is 0 Å². The number of benzene rings is 1. The van der Waals surface area contributed by atoms with Gasteiger partial charge in [-0.1, -0.05) is 12.5 Å². The van der Waals surface area contributed by atoms with Crippen molar-refractivity contribution < 1.29 is 13.6 Å². The van der Waals surface area contributed by atoms with Crippen LogP contribution in [0.25, 0.3) is 0 Å². The van der Waals surface area contributed by atoms with Crippen molar-refractivity contribution >= 4 is 5.91 Å². The van der Waals surface area contributed by atoms with Crippen LogP contribution in [-0.2, 0) is 0 Å². The number of amides is 1. The van der Waals surface area contributed by atoms with E-state index in [2.05, 4.69) is 10.6 Å². The van der Waals surface area contributed by atoms with E-state index in [9.17, 15) is 13.6 Å². The molecule has 110 valence electrons. The summed E-state index contributed by atoms with van der Waals surface area (Å²) in [6, 6.07) is 2.83. The van der Waals surface area contributed by atoms with Crippen LogP contribution in [0.2, 0.25) is 0 Å². The second-order valence-electron chi connectivity index (χ2n) is 5.24. The fourth-order valence-electron chi connectivity index (χ4n) is 2.48. The number of carbonyl (C=O) groups is 1. The van der Waals surface area contributed by atoms with Gasteiger partial charge in [-0.25, -0.2) is 8.78 Å². The molecule has 3 nitrogen and oxygen atoms in total. The fourth-order valence-corrected chi connectivity index (χ4v) is 2.48. The van der Waals surface area contributed by atoms with Crippen LogP contribution in [0.15, 0.2) is 12.1 Å². The Hall–Kier alpha value is -1.49. The average molecular weight is 282 g/mol. The molecule has 0 aliphatic carbocycles. The highest BCUT2D eigenvalue weighted by Crippen LogP contribution is 2.16. The lowest BCUT2D eigenvalue weighted by Gasteiger charge is -2.23. The molecule has 2 rings (SSSR count). The van der Waals surface area contributed by atoms with E-state index >= 15 is 0 Å². The predicted octanol–water partition coefficient (Wildman–Crippen LogP) is 2.54. The molecule has 1 saturated heterocycles. The normalized spacial score (nSPS) is 18.9. The molecule has 1 unspecified atom stereocenters. The van der Waals surface area contributed by atoms with Gasteiger partial charge in [0.15, 0.2) is 0 Å². The molecule has 0 bridgehead atoms. The van der Waals surface area contributed by atoms with E-state index in [1.165, 1.54) is 25.8 Å². The summed E-state index contributed by atoms with van der Waals surface area (Å²) in [5, 5.41) is 5.96. The maximum Gasteiger partial charge on any atom is 0.257 e. The van der Waals surface area contributed by atoms with Crippen molar-refractivity contribution in [2.75, 3.05) is 13.1 Å². The topological polar surface area (TPSA) is 41.1 Å². The standard InChI is InChI=1S/C15H20F2N2O/c1-10-5-6-12(16)13(14(10)17)15(20)19-9-7-11-4-2-3-8-18-11/h5-6,11,18H,2-4,7-9H2,1H3,(H,19,20). The molecule has 20 heavy (non-hydrogen) atoms. The van der Waals surface area contributed by atoms with Gasteiger partial charge in [0.2, 0.25) is 0 Å². The zero-order valence-corrected chi connectivity index (χ0v) is 11.6. The van der Waals surface area contributed by atoms with Gasteiger partial charge >= 0.3 is 0 Å². The molecule has 5 heteroatoms. The van der Waals surface area contributed by atoms with Crippen LogP contribution in [0.5, 0.6) is 0 Å². The minimum absolute atomic E-state index is 0.269. The minimum atomic E-state index is -0.818. The second kappa shape index (κ2) is 6.79. The Morgan fingerprint density at radius 2 is 2.20 bits per heavy atom. The molecular formula is C15H20F2N2O. The fraction of sp³-hybridized carbons (Fsp3) is 0.533. The molecule has 1 amide bonds. The molecule has 1 aliphatic rings. The molecule has 1 aromatic rings. The Labute approximate surface area is 117 Å². The number of carbonyl (C=O) groups excluding carboxylic acids is 1. The number of hydrogen-bond acceptors (Lipinski definition) is 2. The van der Waals surface area contributed by atoms with Gasteiger partial charge in [0.25, 0.3) is 5.91 Å². The highest BCUT2D eigenvalue weighted by atomic mass is 19.1. The van der Waals surface area contributed by atoms with Gasteiger partial charge in [-0.3, -0.25) is 4.79 Å². The van der Waals surface area contributed by atoms with Crippen LogP contribution in [0.3, 0.4) is 0 Å². The first-order valence-corrected chi connectivity index (χ1v) is 7.06. The summed E-state index contributed by atoms with van der Waals surface area (Å²) in [6.45, 7) is 2.93. The lowest BCUT2D eigenvalue weighted by Crippen LogP contribution is -2.37. The Balaban J connectivity index is 1.90. The molecular weight excluding hydrogens is 262 g/mol. The Kier molecular flexibility index (Phi) is 5.06. The van der Waals surface area contributed by atoms with Crippen molar-refractivity contribution in [3.05, 3.63) is 34.9 Å². The summed E-state index contributed by atoms with van der Waals surface area (Å²) < 4.78 is 27.3. The first kappa shape index (κ1) is 14.9. The first-order chi connectivity index (χ1) is 9.59. The third-order valence-corrected chi connectivity index (χ3v) is 3.70. The van der Waals surface area contributed by atoms with Crippen molar-refractivity contribution in [2.24, 2.45) is 0 Å². The van der Waals surface area contributed by atoms with Gasteiger partial charge in [0.1, 0.15) is 17.2 Å². The molecule has 1 atom stereocenters. The van der Waals surface area contributed by atoms with E-state index in [1.54, 1.807) is 0 Å². The SMILES string of the molecule is Cc1ccc(F)c(C(=O)NCCC2CCCCN2)c1F. The van der Waals surface area contributed by atoms with Gasteiger partial charge in [-0.05, 0) is 44.4 Å². The Morgan fingerprint density at radius 1 is 1.40 bits per heavy atom. The van der Waals surface area contributed by atoms with Crippen LogP contribution in [-0.4, -0.2) is 25.0 Å². The molecule has 1 aliphatic heterocycles. The van der Waals surface area contributed by atoms with Crippen molar-refractivity contribution in [2.45, 2.75) is 38.6 Å².